The number of amides is 3. The molecule has 0 saturated carbocycles. The number of pyridine rings is 1. The molecule has 212 valence electrons. The minimum absolute atomic E-state index is 0.0269. The number of anilines is 1. The van der Waals surface area contributed by atoms with Crippen LogP contribution in [0.2, 0.25) is 0 Å². The predicted octanol–water partition coefficient (Wildman–Crippen LogP) is 4.29. The van der Waals surface area contributed by atoms with E-state index in [1.807, 2.05) is 0 Å². The molecule has 0 aromatic carbocycles. The maximum atomic E-state index is 13.2. The third-order valence-corrected chi connectivity index (χ3v) is 6.42. The van der Waals surface area contributed by atoms with Gasteiger partial charge in [0.1, 0.15) is 23.5 Å². The van der Waals surface area contributed by atoms with Gasteiger partial charge in [0.05, 0.1) is 24.3 Å². The number of ether oxygens (including phenoxy) is 3. The Balaban J connectivity index is 1.68. The van der Waals surface area contributed by atoms with Crippen LogP contribution < -0.4 is 5.32 Å². The molecule has 0 radical (unpaired) electrons. The number of aromatic nitrogens is 1. The van der Waals surface area contributed by atoms with Crippen molar-refractivity contribution in [2.24, 2.45) is 11.3 Å². The highest BCUT2D eigenvalue weighted by Gasteiger charge is 2.56. The van der Waals surface area contributed by atoms with Gasteiger partial charge in [-0.3, -0.25) is 9.78 Å². The number of likely N-dealkylation sites (tertiary alicyclic amines) is 2. The quantitative estimate of drug-likeness (QED) is 0.602. The first-order chi connectivity index (χ1) is 17.3. The van der Waals surface area contributed by atoms with Crippen LogP contribution in [-0.2, 0) is 31.8 Å². The zero-order valence-electron chi connectivity index (χ0n) is 22.7. The molecular formula is C25H35F3N4O6. The van der Waals surface area contributed by atoms with Crippen molar-refractivity contribution in [3.8, 4) is 0 Å². The van der Waals surface area contributed by atoms with E-state index in [2.05, 4.69) is 10.3 Å². The second-order valence-electron chi connectivity index (χ2n) is 11.7. The van der Waals surface area contributed by atoms with Gasteiger partial charge in [-0.25, -0.2) is 9.59 Å². The van der Waals surface area contributed by atoms with Gasteiger partial charge in [-0.2, -0.15) is 13.2 Å². The summed E-state index contributed by atoms with van der Waals surface area (Å²) >= 11 is 0. The first-order valence-electron chi connectivity index (χ1n) is 12.2. The van der Waals surface area contributed by atoms with Crippen LogP contribution >= 0.6 is 0 Å². The number of carbonyl (C=O) groups excluding carboxylic acids is 3. The van der Waals surface area contributed by atoms with Crippen LogP contribution in [0.1, 0.15) is 52.8 Å². The van der Waals surface area contributed by atoms with E-state index < -0.39 is 53.1 Å². The summed E-state index contributed by atoms with van der Waals surface area (Å²) in [6, 6.07) is 0.769. The van der Waals surface area contributed by atoms with Crippen LogP contribution in [0, 0.1) is 11.3 Å². The Kier molecular flexibility index (Phi) is 7.93. The van der Waals surface area contributed by atoms with E-state index in [4.69, 9.17) is 14.2 Å². The molecule has 2 aliphatic rings. The fourth-order valence-electron chi connectivity index (χ4n) is 4.31. The molecule has 3 rings (SSSR count). The largest absolute Gasteiger partial charge is 0.444 e. The van der Waals surface area contributed by atoms with Crippen LogP contribution in [0.15, 0.2) is 12.3 Å². The van der Waals surface area contributed by atoms with Crippen molar-refractivity contribution in [2.45, 2.75) is 65.5 Å². The summed E-state index contributed by atoms with van der Waals surface area (Å²) in [6.45, 7) is 10.7. The second-order valence-corrected chi connectivity index (χ2v) is 11.7. The Hall–Kier alpha value is -3.09. The summed E-state index contributed by atoms with van der Waals surface area (Å²) in [6.07, 6.45) is -5.22. The molecule has 1 aromatic rings. The maximum Gasteiger partial charge on any atom is 0.417 e. The zero-order chi connectivity index (χ0) is 28.7. The van der Waals surface area contributed by atoms with Gasteiger partial charge in [0.2, 0.25) is 5.91 Å². The van der Waals surface area contributed by atoms with Crippen molar-refractivity contribution >= 4 is 23.8 Å². The normalized spacial score (nSPS) is 21.8. The molecule has 1 aromatic heterocycles. The van der Waals surface area contributed by atoms with Gasteiger partial charge in [-0.1, -0.05) is 20.8 Å². The lowest BCUT2D eigenvalue weighted by Crippen LogP contribution is -2.45. The van der Waals surface area contributed by atoms with Gasteiger partial charge < -0.3 is 29.3 Å². The zero-order valence-corrected chi connectivity index (χ0v) is 22.7. The van der Waals surface area contributed by atoms with Crippen molar-refractivity contribution < 1.29 is 41.8 Å². The maximum absolute atomic E-state index is 13.2. The Morgan fingerprint density at radius 3 is 2.11 bits per heavy atom. The Morgan fingerprint density at radius 2 is 1.63 bits per heavy atom. The Morgan fingerprint density at radius 1 is 1.05 bits per heavy atom. The molecule has 13 heteroatoms. The van der Waals surface area contributed by atoms with E-state index in [0.29, 0.717) is 12.7 Å². The lowest BCUT2D eigenvalue weighted by Gasteiger charge is -2.29. The van der Waals surface area contributed by atoms with Crippen molar-refractivity contribution in [1.82, 2.24) is 14.8 Å². The summed E-state index contributed by atoms with van der Waals surface area (Å²) in [5.41, 5.74) is -3.58. The molecule has 0 spiro atoms. The average molecular weight is 545 g/mol. The smallest absolute Gasteiger partial charge is 0.417 e. The molecule has 2 unspecified atom stereocenters. The van der Waals surface area contributed by atoms with Gasteiger partial charge in [-0.15, -0.1) is 0 Å². The molecular weight excluding hydrogens is 509 g/mol. The summed E-state index contributed by atoms with van der Waals surface area (Å²) in [5.74, 6) is -0.700. The molecule has 2 atom stereocenters. The molecule has 3 amide bonds. The van der Waals surface area contributed by atoms with Gasteiger partial charge in [0.15, 0.2) is 0 Å². The fourth-order valence-corrected chi connectivity index (χ4v) is 4.31. The molecule has 0 bridgehead atoms. The summed E-state index contributed by atoms with van der Waals surface area (Å²) < 4.78 is 56.3. The SMILES string of the molecule is COC12CN(C(=O)OCc3ncc(C(F)(F)F)cc3NC(=O)C(C)(C)C)CC1CN(C(=O)OC(C)(C)C)C2. The summed E-state index contributed by atoms with van der Waals surface area (Å²) in [4.78, 5) is 44.6. The van der Waals surface area contributed by atoms with Gasteiger partial charge in [-0.05, 0) is 26.8 Å². The number of alkyl halides is 3. The number of hydrogen-bond donors (Lipinski definition) is 1. The molecule has 2 fully saturated rings. The van der Waals surface area contributed by atoms with Gasteiger partial charge >= 0.3 is 18.4 Å². The van der Waals surface area contributed by atoms with Crippen molar-refractivity contribution in [3.63, 3.8) is 0 Å². The number of hydrogen-bond acceptors (Lipinski definition) is 7. The highest BCUT2D eigenvalue weighted by Crippen LogP contribution is 2.39. The Bertz CT molecular complexity index is 1080. The molecule has 1 N–H and O–H groups in total. The number of nitrogens with zero attached hydrogens (tertiary/aromatic N) is 3. The monoisotopic (exact) mass is 544 g/mol. The van der Waals surface area contributed by atoms with Crippen LogP contribution in [0.5, 0.6) is 0 Å². The van der Waals surface area contributed by atoms with Crippen LogP contribution in [0.3, 0.4) is 0 Å². The topological polar surface area (TPSA) is 110 Å². The molecule has 10 nitrogen and oxygen atoms in total. The summed E-state index contributed by atoms with van der Waals surface area (Å²) in [5, 5.41) is 2.46. The van der Waals surface area contributed by atoms with Crippen LogP contribution in [0.25, 0.3) is 0 Å². The highest BCUT2D eigenvalue weighted by atomic mass is 19.4. The van der Waals surface area contributed by atoms with Gasteiger partial charge in [0.25, 0.3) is 0 Å². The fraction of sp³-hybridized carbons (Fsp3) is 0.680. The lowest BCUT2D eigenvalue weighted by molar-refractivity contribution is -0.137. The first kappa shape index (κ1) is 29.5. The molecule has 2 saturated heterocycles. The van der Waals surface area contributed by atoms with E-state index in [0.717, 1.165) is 6.07 Å². The van der Waals surface area contributed by atoms with E-state index >= 15 is 0 Å². The van der Waals surface area contributed by atoms with Crippen molar-refractivity contribution in [2.75, 3.05) is 38.6 Å². The minimum Gasteiger partial charge on any atom is -0.444 e. The van der Waals surface area contributed by atoms with Gasteiger partial charge in [0, 0.05) is 37.7 Å². The predicted molar refractivity (Wildman–Crippen MR) is 130 cm³/mol. The number of carbonyl (C=O) groups is 3. The Labute approximate surface area is 219 Å². The number of methoxy groups -OCH3 is 1. The van der Waals surface area contributed by atoms with Crippen molar-refractivity contribution in [3.05, 3.63) is 23.5 Å². The van der Waals surface area contributed by atoms with E-state index in [9.17, 15) is 27.6 Å². The third-order valence-electron chi connectivity index (χ3n) is 6.42. The lowest BCUT2D eigenvalue weighted by atomic mass is 9.95. The van der Waals surface area contributed by atoms with Crippen molar-refractivity contribution in [1.29, 1.82) is 0 Å². The van der Waals surface area contributed by atoms with Crippen LogP contribution in [0.4, 0.5) is 28.4 Å². The summed E-state index contributed by atoms with van der Waals surface area (Å²) in [7, 11) is 1.51. The third kappa shape index (κ3) is 6.66. The number of nitrogens with one attached hydrogen (secondary N) is 1. The number of halogens is 3. The molecule has 38 heavy (non-hydrogen) atoms. The average Bonchev–Trinajstić information content (AvgIpc) is 3.30. The molecule has 3 heterocycles. The highest BCUT2D eigenvalue weighted by molar-refractivity contribution is 5.95. The number of rotatable bonds is 4. The van der Waals surface area contributed by atoms with Crippen LogP contribution in [-0.4, -0.2) is 77.4 Å². The first-order valence-corrected chi connectivity index (χ1v) is 12.2. The standard InChI is InChI=1S/C25H35F3N4O6/c1-22(2,3)19(33)30-17-8-15(25(26,27)28)9-29-18(17)12-37-20(34)31-10-16-11-32(14-24(16,13-31)36-7)21(35)38-23(4,5)6/h8-9,16H,10-14H2,1-7H3,(H,30,33). The molecule has 0 aliphatic carbocycles. The van der Waals surface area contributed by atoms with E-state index in [1.54, 1.807) is 46.4 Å². The van der Waals surface area contributed by atoms with E-state index in [1.165, 1.54) is 12.0 Å². The molecule has 2 aliphatic heterocycles. The second kappa shape index (κ2) is 10.2. The van der Waals surface area contributed by atoms with E-state index in [-0.39, 0.29) is 36.9 Å². The minimum atomic E-state index is -4.67. The number of fused-ring (bicyclic) bond motifs is 1.